The Bertz CT molecular complexity index is 492. The first-order chi connectivity index (χ1) is 10.3. The summed E-state index contributed by atoms with van der Waals surface area (Å²) in [6, 6.07) is 0. The fraction of sp³-hybridized carbons (Fsp3) is 0.733. The predicted octanol–water partition coefficient (Wildman–Crippen LogP) is 0.821. The van der Waals surface area contributed by atoms with Crippen LogP contribution in [0.25, 0.3) is 0 Å². The van der Waals surface area contributed by atoms with Crippen molar-refractivity contribution < 1.29 is 4.74 Å². The quantitative estimate of drug-likeness (QED) is 0.662. The summed E-state index contributed by atoms with van der Waals surface area (Å²) in [5, 5.41) is 7.78. The van der Waals surface area contributed by atoms with Gasteiger partial charge >= 0.3 is 0 Å². The summed E-state index contributed by atoms with van der Waals surface area (Å²) in [5.41, 5.74) is 1.33. The van der Waals surface area contributed by atoms with Crippen LogP contribution in [0.5, 0.6) is 0 Å². The topological polar surface area (TPSA) is 54.7 Å². The van der Waals surface area contributed by atoms with Crippen molar-refractivity contribution >= 4 is 5.96 Å². The second kappa shape index (κ2) is 6.47. The molecule has 1 aromatic heterocycles. The molecular formula is C15H25N5O. The average molecular weight is 291 g/mol. The summed E-state index contributed by atoms with van der Waals surface area (Å²) in [6.45, 7) is 4.81. The largest absolute Gasteiger partial charge is 0.381 e. The highest BCUT2D eigenvalue weighted by molar-refractivity contribution is 5.80. The first kappa shape index (κ1) is 14.4. The van der Waals surface area contributed by atoms with Gasteiger partial charge in [-0.05, 0) is 18.4 Å². The van der Waals surface area contributed by atoms with Gasteiger partial charge in [-0.25, -0.2) is 0 Å². The highest BCUT2D eigenvalue weighted by Gasteiger charge is 2.27. The molecule has 116 valence electrons. The lowest BCUT2D eigenvalue weighted by Crippen LogP contribution is -2.42. The highest BCUT2D eigenvalue weighted by Crippen LogP contribution is 2.26. The van der Waals surface area contributed by atoms with E-state index in [0.717, 1.165) is 45.2 Å². The molecule has 6 nitrogen and oxygen atoms in total. The number of nitrogens with one attached hydrogen (secondary N) is 1. The molecule has 0 spiro atoms. The average Bonchev–Trinajstić information content (AvgIpc) is 3.19. The number of rotatable bonds is 3. The number of hydrogen-bond donors (Lipinski definition) is 1. The lowest BCUT2D eigenvalue weighted by Gasteiger charge is -2.22. The van der Waals surface area contributed by atoms with E-state index >= 15 is 0 Å². The summed E-state index contributed by atoms with van der Waals surface area (Å²) in [7, 11) is 3.84. The van der Waals surface area contributed by atoms with Crippen LogP contribution in [0.4, 0.5) is 0 Å². The Kier molecular flexibility index (Phi) is 4.43. The van der Waals surface area contributed by atoms with E-state index < -0.39 is 0 Å². The van der Waals surface area contributed by atoms with Gasteiger partial charge in [0.25, 0.3) is 0 Å². The van der Waals surface area contributed by atoms with Crippen LogP contribution >= 0.6 is 0 Å². The van der Waals surface area contributed by atoms with Gasteiger partial charge in [-0.1, -0.05) is 0 Å². The van der Waals surface area contributed by atoms with Crippen LogP contribution in [0.1, 0.15) is 24.3 Å². The lowest BCUT2D eigenvalue weighted by atomic mass is 10.0. The zero-order chi connectivity index (χ0) is 14.7. The summed E-state index contributed by atoms with van der Waals surface area (Å²) in [6.07, 6.45) is 6.43. The van der Waals surface area contributed by atoms with E-state index in [0.29, 0.717) is 11.8 Å². The van der Waals surface area contributed by atoms with E-state index in [2.05, 4.69) is 26.5 Å². The molecule has 0 amide bonds. The SMILES string of the molecule is CN=C(NCC1CCOC1)N1CCC(c2cnn(C)c2)C1. The molecule has 0 saturated carbocycles. The molecule has 0 radical (unpaired) electrons. The molecule has 2 unspecified atom stereocenters. The van der Waals surface area contributed by atoms with Gasteiger partial charge in [0.2, 0.25) is 0 Å². The fourth-order valence-electron chi connectivity index (χ4n) is 3.19. The molecule has 2 fully saturated rings. The number of nitrogens with zero attached hydrogens (tertiary/aromatic N) is 4. The standard InChI is InChI=1S/C15H25N5O/c1-16-15(17-7-12-4-6-21-11-12)20-5-3-13(10-20)14-8-18-19(2)9-14/h8-9,12-13H,3-7,10-11H2,1-2H3,(H,16,17). The molecule has 2 aliphatic heterocycles. The molecule has 21 heavy (non-hydrogen) atoms. The molecule has 0 aliphatic carbocycles. The van der Waals surface area contributed by atoms with Gasteiger partial charge in [0.15, 0.2) is 5.96 Å². The number of guanidine groups is 1. The highest BCUT2D eigenvalue weighted by atomic mass is 16.5. The second-order valence-electron chi connectivity index (χ2n) is 6.04. The van der Waals surface area contributed by atoms with Gasteiger partial charge in [-0.2, -0.15) is 5.10 Å². The Balaban J connectivity index is 1.53. The van der Waals surface area contributed by atoms with Crippen molar-refractivity contribution in [1.82, 2.24) is 20.0 Å². The Morgan fingerprint density at radius 2 is 2.43 bits per heavy atom. The molecule has 2 saturated heterocycles. The third-order valence-electron chi connectivity index (χ3n) is 4.47. The van der Waals surface area contributed by atoms with Crippen molar-refractivity contribution in [3.63, 3.8) is 0 Å². The minimum atomic E-state index is 0.562. The molecule has 0 bridgehead atoms. The number of aryl methyl sites for hydroxylation is 1. The van der Waals surface area contributed by atoms with Crippen molar-refractivity contribution in [2.75, 3.05) is 39.9 Å². The van der Waals surface area contributed by atoms with E-state index in [1.165, 1.54) is 12.0 Å². The maximum absolute atomic E-state index is 5.42. The van der Waals surface area contributed by atoms with Gasteiger partial charge in [-0.15, -0.1) is 0 Å². The van der Waals surface area contributed by atoms with Crippen LogP contribution in [0.2, 0.25) is 0 Å². The Hall–Kier alpha value is -1.56. The van der Waals surface area contributed by atoms with E-state index in [4.69, 9.17) is 4.74 Å². The third kappa shape index (κ3) is 3.37. The monoisotopic (exact) mass is 291 g/mol. The molecule has 3 heterocycles. The van der Waals surface area contributed by atoms with Crippen LogP contribution in [0.3, 0.4) is 0 Å². The number of hydrogen-bond acceptors (Lipinski definition) is 3. The molecule has 2 aliphatic rings. The van der Waals surface area contributed by atoms with Crippen LogP contribution in [-0.2, 0) is 11.8 Å². The molecule has 6 heteroatoms. The smallest absolute Gasteiger partial charge is 0.193 e. The zero-order valence-corrected chi connectivity index (χ0v) is 13.0. The molecule has 3 rings (SSSR count). The molecule has 0 aromatic carbocycles. The predicted molar refractivity (Wildman–Crippen MR) is 82.4 cm³/mol. The minimum Gasteiger partial charge on any atom is -0.381 e. The second-order valence-corrected chi connectivity index (χ2v) is 6.04. The third-order valence-corrected chi connectivity index (χ3v) is 4.47. The van der Waals surface area contributed by atoms with E-state index in [1.54, 1.807) is 0 Å². The minimum absolute atomic E-state index is 0.562. The van der Waals surface area contributed by atoms with Crippen molar-refractivity contribution in [3.05, 3.63) is 18.0 Å². The Labute approximate surface area is 126 Å². The Morgan fingerprint density at radius 3 is 3.10 bits per heavy atom. The number of likely N-dealkylation sites (tertiary alicyclic amines) is 1. The van der Waals surface area contributed by atoms with Crippen molar-refractivity contribution in [2.45, 2.75) is 18.8 Å². The summed E-state index contributed by atoms with van der Waals surface area (Å²) in [5.74, 6) is 2.21. The van der Waals surface area contributed by atoms with Crippen LogP contribution in [0, 0.1) is 5.92 Å². The maximum atomic E-state index is 5.42. The number of aromatic nitrogens is 2. The van der Waals surface area contributed by atoms with Crippen LogP contribution in [-0.4, -0.2) is 60.5 Å². The van der Waals surface area contributed by atoms with E-state index in [9.17, 15) is 0 Å². The van der Waals surface area contributed by atoms with Gasteiger partial charge in [-0.3, -0.25) is 9.67 Å². The summed E-state index contributed by atoms with van der Waals surface area (Å²) < 4.78 is 7.30. The molecule has 1 N–H and O–H groups in total. The molecule has 2 atom stereocenters. The van der Waals surface area contributed by atoms with E-state index in [1.807, 2.05) is 25.0 Å². The van der Waals surface area contributed by atoms with Crippen LogP contribution < -0.4 is 5.32 Å². The zero-order valence-electron chi connectivity index (χ0n) is 13.0. The van der Waals surface area contributed by atoms with Crippen LogP contribution in [0.15, 0.2) is 17.4 Å². The van der Waals surface area contributed by atoms with Crippen molar-refractivity contribution in [2.24, 2.45) is 18.0 Å². The lowest BCUT2D eigenvalue weighted by molar-refractivity contribution is 0.186. The van der Waals surface area contributed by atoms with E-state index in [-0.39, 0.29) is 0 Å². The first-order valence-electron chi connectivity index (χ1n) is 7.78. The van der Waals surface area contributed by atoms with Gasteiger partial charge in [0.05, 0.1) is 12.8 Å². The Morgan fingerprint density at radius 1 is 1.52 bits per heavy atom. The van der Waals surface area contributed by atoms with Crippen molar-refractivity contribution in [3.8, 4) is 0 Å². The van der Waals surface area contributed by atoms with Gasteiger partial charge in [0, 0.05) is 58.4 Å². The molecule has 1 aromatic rings. The number of ether oxygens (including phenoxy) is 1. The summed E-state index contributed by atoms with van der Waals surface area (Å²) in [4.78, 5) is 6.79. The molecular weight excluding hydrogens is 266 g/mol. The number of aliphatic imine (C=N–C) groups is 1. The van der Waals surface area contributed by atoms with Gasteiger partial charge < -0.3 is 15.0 Å². The fourth-order valence-corrected chi connectivity index (χ4v) is 3.19. The van der Waals surface area contributed by atoms with Crippen molar-refractivity contribution in [1.29, 1.82) is 0 Å². The van der Waals surface area contributed by atoms with Gasteiger partial charge in [0.1, 0.15) is 0 Å². The summed E-state index contributed by atoms with van der Waals surface area (Å²) >= 11 is 0. The normalized spacial score (nSPS) is 26.6. The maximum Gasteiger partial charge on any atom is 0.193 e. The first-order valence-corrected chi connectivity index (χ1v) is 7.78.